The number of hydrogen-bond donors (Lipinski definition) is 1. The van der Waals surface area contributed by atoms with Crippen LogP contribution in [0, 0.1) is 0 Å². The van der Waals surface area contributed by atoms with Crippen LogP contribution in [0.2, 0.25) is 5.02 Å². The quantitative estimate of drug-likeness (QED) is 0.849. The van der Waals surface area contributed by atoms with Crippen molar-refractivity contribution in [1.29, 1.82) is 0 Å². The van der Waals surface area contributed by atoms with Crippen molar-refractivity contribution < 1.29 is 9.59 Å². The van der Waals surface area contributed by atoms with Crippen molar-refractivity contribution in [3.8, 4) is 0 Å². The van der Waals surface area contributed by atoms with Gasteiger partial charge in [0, 0.05) is 11.2 Å². The fraction of sp³-hybridized carbons (Fsp3) is 0.300. The van der Waals surface area contributed by atoms with Crippen molar-refractivity contribution in [2.75, 3.05) is 0 Å². The number of ketones is 1. The van der Waals surface area contributed by atoms with Gasteiger partial charge in [-0.3, -0.25) is 14.6 Å². The minimum atomic E-state index is -0.515. The highest BCUT2D eigenvalue weighted by Gasteiger charge is 2.13. The predicted molar refractivity (Wildman–Crippen MR) is 56.9 cm³/mol. The van der Waals surface area contributed by atoms with E-state index in [4.69, 9.17) is 11.6 Å². The number of carbonyl (C=O) groups is 2. The van der Waals surface area contributed by atoms with Crippen LogP contribution in [0.1, 0.15) is 24.3 Å². The van der Waals surface area contributed by atoms with Gasteiger partial charge in [-0.1, -0.05) is 11.6 Å². The van der Waals surface area contributed by atoms with Crippen molar-refractivity contribution in [2.45, 2.75) is 19.9 Å². The van der Waals surface area contributed by atoms with Crippen LogP contribution >= 0.6 is 11.6 Å². The molecule has 0 spiro atoms. The van der Waals surface area contributed by atoms with Gasteiger partial charge in [0.15, 0.2) is 5.78 Å². The Labute approximate surface area is 92.7 Å². The number of hydrogen-bond acceptors (Lipinski definition) is 3. The molecule has 0 saturated carbocycles. The Balaban J connectivity index is 2.73. The van der Waals surface area contributed by atoms with Crippen LogP contribution in [0.4, 0.5) is 0 Å². The Kier molecular flexibility index (Phi) is 3.80. The fourth-order valence-electron chi connectivity index (χ4n) is 0.901. The maximum atomic E-state index is 11.5. The first-order valence-corrected chi connectivity index (χ1v) is 4.81. The summed E-state index contributed by atoms with van der Waals surface area (Å²) in [6, 6.07) is 2.51. The largest absolute Gasteiger partial charge is 0.341 e. The molecule has 0 bridgehead atoms. The van der Waals surface area contributed by atoms with Crippen molar-refractivity contribution >= 4 is 23.3 Å². The Morgan fingerprint density at radius 2 is 2.20 bits per heavy atom. The molecule has 1 amide bonds. The number of pyridine rings is 1. The van der Waals surface area contributed by atoms with Crippen molar-refractivity contribution in [2.24, 2.45) is 0 Å². The second-order valence-corrected chi connectivity index (χ2v) is 3.60. The first-order chi connectivity index (χ1) is 7.00. The van der Waals surface area contributed by atoms with E-state index in [0.29, 0.717) is 5.02 Å². The minimum absolute atomic E-state index is 0.106. The summed E-state index contributed by atoms with van der Waals surface area (Å²) in [7, 11) is 0. The number of nitrogens with zero attached hydrogens (tertiary/aromatic N) is 1. The number of rotatable bonds is 3. The van der Waals surface area contributed by atoms with Crippen LogP contribution in [-0.4, -0.2) is 22.7 Å². The summed E-state index contributed by atoms with van der Waals surface area (Å²) in [4.78, 5) is 26.3. The van der Waals surface area contributed by atoms with Gasteiger partial charge in [0.05, 0.1) is 6.04 Å². The Hall–Kier alpha value is -1.42. The van der Waals surface area contributed by atoms with E-state index in [-0.39, 0.29) is 11.5 Å². The van der Waals surface area contributed by atoms with Crippen LogP contribution in [0.15, 0.2) is 18.3 Å². The molecule has 0 aliphatic carbocycles. The average Bonchev–Trinajstić information content (AvgIpc) is 2.17. The molecule has 1 heterocycles. The lowest BCUT2D eigenvalue weighted by Gasteiger charge is -2.09. The van der Waals surface area contributed by atoms with E-state index in [1.165, 1.54) is 19.2 Å². The zero-order chi connectivity index (χ0) is 11.4. The van der Waals surface area contributed by atoms with Crippen LogP contribution in [0.5, 0.6) is 0 Å². The van der Waals surface area contributed by atoms with Gasteiger partial charge in [0.1, 0.15) is 5.69 Å². The number of halogens is 1. The molecular formula is C10H11ClN2O2. The SMILES string of the molecule is CC(=O)[C@H](C)NC(=O)c1cc(Cl)ccn1. The normalized spacial score (nSPS) is 11.9. The maximum Gasteiger partial charge on any atom is 0.270 e. The van der Waals surface area contributed by atoms with E-state index in [1.807, 2.05) is 0 Å². The summed E-state index contributed by atoms with van der Waals surface area (Å²) in [5.41, 5.74) is 0.204. The van der Waals surface area contributed by atoms with Gasteiger partial charge in [0.2, 0.25) is 0 Å². The van der Waals surface area contributed by atoms with Crippen molar-refractivity contribution in [3.05, 3.63) is 29.0 Å². The second-order valence-electron chi connectivity index (χ2n) is 3.17. The molecule has 0 aliphatic heterocycles. The van der Waals surface area contributed by atoms with Gasteiger partial charge >= 0.3 is 0 Å². The molecule has 5 heteroatoms. The average molecular weight is 227 g/mol. The summed E-state index contributed by atoms with van der Waals surface area (Å²) in [6.45, 7) is 3.03. The van der Waals surface area contributed by atoms with Gasteiger partial charge in [-0.2, -0.15) is 0 Å². The number of nitrogens with one attached hydrogen (secondary N) is 1. The molecular weight excluding hydrogens is 216 g/mol. The Morgan fingerprint density at radius 3 is 2.73 bits per heavy atom. The van der Waals surface area contributed by atoms with Gasteiger partial charge in [-0.05, 0) is 26.0 Å². The highest BCUT2D eigenvalue weighted by Crippen LogP contribution is 2.07. The van der Waals surface area contributed by atoms with Gasteiger partial charge in [-0.15, -0.1) is 0 Å². The number of Topliss-reactive ketones (excluding diaryl/α,β-unsaturated/α-hetero) is 1. The van der Waals surface area contributed by atoms with Crippen LogP contribution in [0.3, 0.4) is 0 Å². The lowest BCUT2D eigenvalue weighted by Crippen LogP contribution is -2.37. The molecule has 0 fully saturated rings. The Morgan fingerprint density at radius 1 is 1.53 bits per heavy atom. The van der Waals surface area contributed by atoms with Crippen molar-refractivity contribution in [3.63, 3.8) is 0 Å². The topological polar surface area (TPSA) is 59.1 Å². The summed E-state index contributed by atoms with van der Waals surface area (Å²) in [5.74, 6) is -0.509. The van der Waals surface area contributed by atoms with E-state index in [1.54, 1.807) is 13.0 Å². The van der Waals surface area contributed by atoms with E-state index < -0.39 is 11.9 Å². The van der Waals surface area contributed by atoms with Gasteiger partial charge in [-0.25, -0.2) is 0 Å². The van der Waals surface area contributed by atoms with Crippen LogP contribution < -0.4 is 5.32 Å². The second kappa shape index (κ2) is 4.89. The lowest BCUT2D eigenvalue weighted by molar-refractivity contribution is -0.118. The first-order valence-electron chi connectivity index (χ1n) is 4.43. The maximum absolute atomic E-state index is 11.5. The zero-order valence-electron chi connectivity index (χ0n) is 8.45. The third-order valence-corrected chi connectivity index (χ3v) is 2.15. The smallest absolute Gasteiger partial charge is 0.270 e. The summed E-state index contributed by atoms with van der Waals surface area (Å²) in [5, 5.41) is 2.95. The fourth-order valence-corrected chi connectivity index (χ4v) is 1.06. The highest BCUT2D eigenvalue weighted by atomic mass is 35.5. The molecule has 1 aromatic rings. The third-order valence-electron chi connectivity index (χ3n) is 1.91. The molecule has 1 aromatic heterocycles. The van der Waals surface area contributed by atoms with Gasteiger partial charge in [0.25, 0.3) is 5.91 Å². The number of amides is 1. The van der Waals surface area contributed by atoms with Crippen LogP contribution in [0.25, 0.3) is 0 Å². The molecule has 1 atom stereocenters. The highest BCUT2D eigenvalue weighted by molar-refractivity contribution is 6.30. The zero-order valence-corrected chi connectivity index (χ0v) is 9.21. The monoisotopic (exact) mass is 226 g/mol. The molecule has 1 rings (SSSR count). The predicted octanol–water partition coefficient (Wildman–Crippen LogP) is 1.44. The molecule has 0 radical (unpaired) electrons. The van der Waals surface area contributed by atoms with E-state index in [0.717, 1.165) is 0 Å². The lowest BCUT2D eigenvalue weighted by atomic mass is 10.2. The molecule has 1 N–H and O–H groups in total. The van der Waals surface area contributed by atoms with E-state index in [9.17, 15) is 9.59 Å². The molecule has 0 aliphatic rings. The number of aromatic nitrogens is 1. The minimum Gasteiger partial charge on any atom is -0.341 e. The molecule has 80 valence electrons. The van der Waals surface area contributed by atoms with E-state index >= 15 is 0 Å². The molecule has 4 nitrogen and oxygen atoms in total. The van der Waals surface area contributed by atoms with E-state index in [2.05, 4.69) is 10.3 Å². The molecule has 0 unspecified atom stereocenters. The summed E-state index contributed by atoms with van der Waals surface area (Å²) >= 11 is 5.70. The van der Waals surface area contributed by atoms with Gasteiger partial charge < -0.3 is 5.32 Å². The molecule has 15 heavy (non-hydrogen) atoms. The third kappa shape index (κ3) is 3.32. The summed E-state index contributed by atoms with van der Waals surface area (Å²) < 4.78 is 0. The number of carbonyl (C=O) groups excluding carboxylic acids is 2. The summed E-state index contributed by atoms with van der Waals surface area (Å²) in [6.07, 6.45) is 1.44. The molecule has 0 saturated heterocycles. The first kappa shape index (κ1) is 11.7. The van der Waals surface area contributed by atoms with Crippen LogP contribution in [-0.2, 0) is 4.79 Å². The standard InChI is InChI=1S/C10H11ClN2O2/c1-6(7(2)14)13-10(15)9-5-8(11)3-4-12-9/h3-6H,1-2H3,(H,13,15)/t6-/m0/s1. The van der Waals surface area contributed by atoms with Crippen molar-refractivity contribution in [1.82, 2.24) is 10.3 Å². The Bertz CT molecular complexity index is 393. The molecule has 0 aromatic carbocycles.